The molecule has 0 spiro atoms. The first kappa shape index (κ1) is 15.7. The van der Waals surface area contributed by atoms with Gasteiger partial charge in [-0.2, -0.15) is 0 Å². The number of ether oxygens (including phenoxy) is 1. The molecule has 6 heteroatoms. The number of rotatable bonds is 5. The third-order valence-electron chi connectivity index (χ3n) is 3.47. The number of hydrogen-bond acceptors (Lipinski definition) is 4. The van der Waals surface area contributed by atoms with Gasteiger partial charge in [0.25, 0.3) is 0 Å². The minimum Gasteiger partial charge on any atom is -0.497 e. The molecule has 0 unspecified atom stereocenters. The van der Waals surface area contributed by atoms with Gasteiger partial charge in [-0.15, -0.1) is 0 Å². The zero-order valence-electron chi connectivity index (χ0n) is 12.8. The highest BCUT2D eigenvalue weighted by molar-refractivity contribution is 5.74. The Morgan fingerprint density at radius 2 is 1.92 bits per heavy atom. The Labute approximate surface area is 137 Å². The summed E-state index contributed by atoms with van der Waals surface area (Å²) in [5.41, 5.74) is 1.00. The first-order valence-corrected chi connectivity index (χ1v) is 7.19. The van der Waals surface area contributed by atoms with Crippen LogP contribution in [0.4, 0.5) is 4.39 Å². The maximum absolute atomic E-state index is 14.1. The van der Waals surface area contributed by atoms with Crippen molar-refractivity contribution >= 4 is 5.97 Å². The molecule has 1 N–H and O–H groups in total. The van der Waals surface area contributed by atoms with Crippen molar-refractivity contribution in [1.82, 2.24) is 4.98 Å². The molecular weight excluding hydrogens is 313 g/mol. The van der Waals surface area contributed by atoms with Gasteiger partial charge < -0.3 is 14.3 Å². The Morgan fingerprint density at radius 1 is 1.21 bits per heavy atom. The van der Waals surface area contributed by atoms with Crippen LogP contribution in [0, 0.1) is 5.82 Å². The van der Waals surface area contributed by atoms with E-state index in [1.54, 1.807) is 43.5 Å². The Hall–Kier alpha value is -3.15. The maximum Gasteiger partial charge on any atom is 0.309 e. The van der Waals surface area contributed by atoms with E-state index >= 15 is 0 Å². The summed E-state index contributed by atoms with van der Waals surface area (Å²) < 4.78 is 24.8. The number of carboxylic acids is 1. The zero-order chi connectivity index (χ0) is 17.1. The number of carbonyl (C=O) groups is 1. The average Bonchev–Trinajstić information content (AvgIpc) is 2.98. The molecule has 0 amide bonds. The van der Waals surface area contributed by atoms with Gasteiger partial charge in [-0.25, -0.2) is 9.37 Å². The molecule has 0 aliphatic heterocycles. The number of aromatic nitrogens is 1. The van der Waals surface area contributed by atoms with Gasteiger partial charge in [0.1, 0.15) is 11.6 Å². The number of methoxy groups -OCH3 is 1. The smallest absolute Gasteiger partial charge is 0.309 e. The Kier molecular flexibility index (Phi) is 4.29. The monoisotopic (exact) mass is 327 g/mol. The summed E-state index contributed by atoms with van der Waals surface area (Å²) in [5.74, 6) is -0.539. The minimum atomic E-state index is -1.07. The van der Waals surface area contributed by atoms with Crippen LogP contribution in [-0.2, 0) is 11.2 Å². The molecule has 1 aromatic heterocycles. The molecule has 0 radical (unpaired) electrons. The van der Waals surface area contributed by atoms with Crippen LogP contribution in [0.3, 0.4) is 0 Å². The number of nitrogens with zero attached hydrogens (tertiary/aromatic N) is 1. The summed E-state index contributed by atoms with van der Waals surface area (Å²) in [5, 5.41) is 9.06. The topological polar surface area (TPSA) is 72.6 Å². The molecule has 24 heavy (non-hydrogen) atoms. The van der Waals surface area contributed by atoms with Crippen LogP contribution in [0.2, 0.25) is 0 Å². The quantitative estimate of drug-likeness (QED) is 0.772. The first-order chi connectivity index (χ1) is 11.6. The van der Waals surface area contributed by atoms with E-state index in [1.807, 2.05) is 0 Å². The molecule has 0 bridgehead atoms. The van der Waals surface area contributed by atoms with Gasteiger partial charge in [-0.1, -0.05) is 12.1 Å². The van der Waals surface area contributed by atoms with Gasteiger partial charge in [0, 0.05) is 5.56 Å². The second-order valence-electron chi connectivity index (χ2n) is 5.07. The van der Waals surface area contributed by atoms with Gasteiger partial charge >= 0.3 is 5.97 Å². The lowest BCUT2D eigenvalue weighted by Crippen LogP contribution is -2.02. The van der Waals surface area contributed by atoms with Crippen molar-refractivity contribution in [3.8, 4) is 28.5 Å². The summed E-state index contributed by atoms with van der Waals surface area (Å²) in [6.45, 7) is 0. The lowest BCUT2D eigenvalue weighted by molar-refractivity contribution is -0.136. The van der Waals surface area contributed by atoms with E-state index in [4.69, 9.17) is 14.3 Å². The molecule has 0 aliphatic carbocycles. The number of hydrogen-bond donors (Lipinski definition) is 1. The lowest BCUT2D eigenvalue weighted by atomic mass is 10.1. The highest BCUT2D eigenvalue weighted by Gasteiger charge is 2.20. The molecular formula is C18H14FNO4. The fraction of sp³-hybridized carbons (Fsp3) is 0.111. The summed E-state index contributed by atoms with van der Waals surface area (Å²) in [6.07, 6.45) is -0.358. The van der Waals surface area contributed by atoms with Gasteiger partial charge in [-0.3, -0.25) is 4.79 Å². The van der Waals surface area contributed by atoms with Crippen LogP contribution >= 0.6 is 0 Å². The predicted octanol–water partition coefficient (Wildman–Crippen LogP) is 3.78. The SMILES string of the molecule is COc1ccc(-c2nc(CC(=O)O)c(-c3ccccc3F)o2)cc1. The highest BCUT2D eigenvalue weighted by Crippen LogP contribution is 2.32. The van der Waals surface area contributed by atoms with Crippen LogP contribution in [0.1, 0.15) is 5.69 Å². The van der Waals surface area contributed by atoms with E-state index in [0.717, 1.165) is 0 Å². The van der Waals surface area contributed by atoms with Crippen LogP contribution in [0.25, 0.3) is 22.8 Å². The fourth-order valence-electron chi connectivity index (χ4n) is 2.33. The third-order valence-corrected chi connectivity index (χ3v) is 3.47. The van der Waals surface area contributed by atoms with Gasteiger partial charge in [0.05, 0.1) is 24.8 Å². The summed E-state index contributed by atoms with van der Waals surface area (Å²) >= 11 is 0. The van der Waals surface area contributed by atoms with Crippen molar-refractivity contribution in [3.63, 3.8) is 0 Å². The van der Waals surface area contributed by atoms with Gasteiger partial charge in [0.15, 0.2) is 5.76 Å². The van der Waals surface area contributed by atoms with Crippen LogP contribution < -0.4 is 4.74 Å². The maximum atomic E-state index is 14.1. The van der Waals surface area contributed by atoms with E-state index in [2.05, 4.69) is 4.98 Å². The number of halogens is 1. The summed E-state index contributed by atoms with van der Waals surface area (Å²) in [6, 6.07) is 13.0. The van der Waals surface area contributed by atoms with E-state index in [1.165, 1.54) is 12.1 Å². The molecule has 1 heterocycles. The van der Waals surface area contributed by atoms with Crippen LogP contribution in [0.15, 0.2) is 52.9 Å². The van der Waals surface area contributed by atoms with Gasteiger partial charge in [0.2, 0.25) is 5.89 Å². The van der Waals surface area contributed by atoms with E-state index in [-0.39, 0.29) is 29.3 Å². The standard InChI is InChI=1S/C18H14FNO4/c1-23-12-8-6-11(7-9-12)18-20-15(10-16(21)22)17(24-18)13-4-2-3-5-14(13)19/h2-9H,10H2,1H3,(H,21,22). The van der Waals surface area contributed by atoms with Gasteiger partial charge in [-0.05, 0) is 36.4 Å². The largest absolute Gasteiger partial charge is 0.497 e. The first-order valence-electron chi connectivity index (χ1n) is 7.19. The Morgan fingerprint density at radius 3 is 2.54 bits per heavy atom. The fourth-order valence-corrected chi connectivity index (χ4v) is 2.33. The molecule has 3 rings (SSSR count). The van der Waals surface area contributed by atoms with Crippen molar-refractivity contribution in [2.75, 3.05) is 7.11 Å². The second kappa shape index (κ2) is 6.54. The molecule has 122 valence electrons. The number of carboxylic acid groups (broad SMARTS) is 1. The van der Waals surface area contributed by atoms with E-state index < -0.39 is 11.8 Å². The second-order valence-corrected chi connectivity index (χ2v) is 5.07. The molecule has 2 aromatic carbocycles. The number of aliphatic carboxylic acids is 1. The third kappa shape index (κ3) is 3.12. The van der Waals surface area contributed by atoms with Crippen LogP contribution in [0.5, 0.6) is 5.75 Å². The lowest BCUT2D eigenvalue weighted by Gasteiger charge is -2.01. The molecule has 0 fully saturated rings. The van der Waals surface area contributed by atoms with Crippen LogP contribution in [-0.4, -0.2) is 23.2 Å². The van der Waals surface area contributed by atoms with Crippen molar-refractivity contribution in [3.05, 3.63) is 60.0 Å². The number of oxazole rings is 1. The zero-order valence-corrected chi connectivity index (χ0v) is 12.8. The van der Waals surface area contributed by atoms with Crippen molar-refractivity contribution in [2.45, 2.75) is 6.42 Å². The average molecular weight is 327 g/mol. The summed E-state index contributed by atoms with van der Waals surface area (Å²) in [7, 11) is 1.56. The van der Waals surface area contributed by atoms with Crippen molar-refractivity contribution in [2.24, 2.45) is 0 Å². The predicted molar refractivity (Wildman–Crippen MR) is 85.2 cm³/mol. The Bertz CT molecular complexity index is 871. The Balaban J connectivity index is 2.09. The molecule has 0 aliphatic rings. The molecule has 3 aromatic rings. The summed E-state index contributed by atoms with van der Waals surface area (Å²) in [4.78, 5) is 15.3. The van der Waals surface area contributed by atoms with E-state index in [9.17, 15) is 9.18 Å². The number of benzene rings is 2. The molecule has 0 atom stereocenters. The minimum absolute atomic E-state index is 0.126. The normalized spacial score (nSPS) is 10.6. The van der Waals surface area contributed by atoms with Crippen molar-refractivity contribution in [1.29, 1.82) is 0 Å². The molecule has 0 saturated carbocycles. The molecule has 0 saturated heterocycles. The molecule has 5 nitrogen and oxygen atoms in total. The van der Waals surface area contributed by atoms with E-state index in [0.29, 0.717) is 11.3 Å². The highest BCUT2D eigenvalue weighted by atomic mass is 19.1. The van der Waals surface area contributed by atoms with Crippen molar-refractivity contribution < 1.29 is 23.4 Å².